The Balaban J connectivity index is 3.05. The third-order valence-electron chi connectivity index (χ3n) is 2.55. The first kappa shape index (κ1) is 15.3. The topological polar surface area (TPSA) is 82.0 Å². The summed E-state index contributed by atoms with van der Waals surface area (Å²) in [5.41, 5.74) is 1.38. The molecule has 0 aliphatic heterocycles. The fourth-order valence-electron chi connectivity index (χ4n) is 1.77. The molecule has 0 bridgehead atoms. The number of nitrogens with zero attached hydrogens (tertiary/aromatic N) is 1. The van der Waals surface area contributed by atoms with Crippen molar-refractivity contribution in [1.29, 1.82) is 0 Å². The highest BCUT2D eigenvalue weighted by Gasteiger charge is 2.09. The van der Waals surface area contributed by atoms with Gasteiger partial charge in [0.1, 0.15) is 5.75 Å². The van der Waals surface area contributed by atoms with Crippen LogP contribution < -0.4 is 15.0 Å². The largest absolute Gasteiger partial charge is 0.497 e. The van der Waals surface area contributed by atoms with Crippen LogP contribution in [0.3, 0.4) is 0 Å². The van der Waals surface area contributed by atoms with Crippen LogP contribution in [0.5, 0.6) is 5.75 Å². The quantitative estimate of drug-likeness (QED) is 0.668. The summed E-state index contributed by atoms with van der Waals surface area (Å²) in [6.07, 6.45) is 0. The van der Waals surface area contributed by atoms with Gasteiger partial charge in [0.25, 0.3) is 0 Å². The summed E-state index contributed by atoms with van der Waals surface area (Å²) in [5, 5.41) is 20.8. The molecule has 106 valence electrons. The number of aliphatic hydroxyl groups excluding tert-OH is 2. The van der Waals surface area contributed by atoms with Crippen molar-refractivity contribution in [2.24, 2.45) is 0 Å². The number of hydrogen-bond acceptors (Lipinski definition) is 5. The Morgan fingerprint density at radius 2 is 1.89 bits per heavy atom. The molecule has 1 aromatic rings. The summed E-state index contributed by atoms with van der Waals surface area (Å²) < 4.78 is 5.18. The lowest BCUT2D eigenvalue weighted by atomic mass is 10.2. The first-order chi connectivity index (χ1) is 9.10. The summed E-state index contributed by atoms with van der Waals surface area (Å²) in [4.78, 5) is 12.9. The van der Waals surface area contributed by atoms with E-state index in [1.807, 2.05) is 4.90 Å². The molecule has 0 aliphatic rings. The van der Waals surface area contributed by atoms with Crippen molar-refractivity contribution in [1.82, 2.24) is 0 Å². The molecule has 0 aliphatic carbocycles. The summed E-state index contributed by atoms with van der Waals surface area (Å²) in [5.74, 6) is 0.428. The van der Waals surface area contributed by atoms with Crippen LogP contribution in [0.15, 0.2) is 18.2 Å². The summed E-state index contributed by atoms with van der Waals surface area (Å²) in [6, 6.07) is 5.27. The summed E-state index contributed by atoms with van der Waals surface area (Å²) in [6.45, 7) is 2.18. The van der Waals surface area contributed by atoms with E-state index in [1.54, 1.807) is 25.3 Å². The zero-order valence-electron chi connectivity index (χ0n) is 11.2. The van der Waals surface area contributed by atoms with E-state index in [1.165, 1.54) is 6.92 Å². The Kier molecular flexibility index (Phi) is 6.11. The Morgan fingerprint density at radius 1 is 1.26 bits per heavy atom. The van der Waals surface area contributed by atoms with Crippen LogP contribution in [-0.2, 0) is 4.79 Å². The molecule has 6 heteroatoms. The lowest BCUT2D eigenvalue weighted by molar-refractivity contribution is -0.114. The average Bonchev–Trinajstić information content (AvgIpc) is 2.37. The molecule has 0 unspecified atom stereocenters. The minimum Gasteiger partial charge on any atom is -0.497 e. The molecule has 0 saturated heterocycles. The molecule has 6 nitrogen and oxygen atoms in total. The molecule has 0 saturated carbocycles. The molecule has 3 N–H and O–H groups in total. The van der Waals surface area contributed by atoms with Crippen molar-refractivity contribution in [3.05, 3.63) is 18.2 Å². The van der Waals surface area contributed by atoms with E-state index < -0.39 is 0 Å². The molecule has 19 heavy (non-hydrogen) atoms. The van der Waals surface area contributed by atoms with Crippen LogP contribution in [0.4, 0.5) is 11.4 Å². The number of methoxy groups -OCH3 is 1. The zero-order valence-corrected chi connectivity index (χ0v) is 11.2. The Labute approximate surface area is 112 Å². The van der Waals surface area contributed by atoms with Crippen molar-refractivity contribution in [3.63, 3.8) is 0 Å². The fraction of sp³-hybridized carbons (Fsp3) is 0.462. The first-order valence-corrected chi connectivity index (χ1v) is 6.04. The van der Waals surface area contributed by atoms with Crippen LogP contribution in [0, 0.1) is 0 Å². The molecule has 0 fully saturated rings. The van der Waals surface area contributed by atoms with E-state index >= 15 is 0 Å². The monoisotopic (exact) mass is 268 g/mol. The minimum absolute atomic E-state index is 0.0212. The van der Waals surface area contributed by atoms with Crippen LogP contribution in [0.2, 0.25) is 0 Å². The smallest absolute Gasteiger partial charge is 0.221 e. The van der Waals surface area contributed by atoms with Gasteiger partial charge in [-0.3, -0.25) is 4.79 Å². The predicted molar refractivity (Wildman–Crippen MR) is 73.7 cm³/mol. The third-order valence-corrected chi connectivity index (χ3v) is 2.55. The normalized spacial score (nSPS) is 10.1. The zero-order chi connectivity index (χ0) is 14.3. The molecular weight excluding hydrogens is 248 g/mol. The standard InChI is InChI=1S/C13H20N2O4/c1-10(18)14-11-7-12(9-13(8-11)19-2)15(3-5-16)4-6-17/h7-9,16-17H,3-6H2,1-2H3,(H,14,18). The Hall–Kier alpha value is -1.79. The minimum atomic E-state index is -0.171. The molecule has 1 amide bonds. The second-order valence-corrected chi connectivity index (χ2v) is 4.04. The van der Waals surface area contributed by atoms with Gasteiger partial charge in [-0.05, 0) is 6.07 Å². The number of benzene rings is 1. The van der Waals surface area contributed by atoms with E-state index in [9.17, 15) is 4.79 Å². The van der Waals surface area contributed by atoms with Gasteiger partial charge in [-0.2, -0.15) is 0 Å². The van der Waals surface area contributed by atoms with Gasteiger partial charge < -0.3 is 25.2 Å². The number of carbonyl (C=O) groups is 1. The Morgan fingerprint density at radius 3 is 2.37 bits per heavy atom. The fourth-order valence-corrected chi connectivity index (χ4v) is 1.77. The average molecular weight is 268 g/mol. The number of rotatable bonds is 7. The van der Waals surface area contributed by atoms with E-state index in [0.29, 0.717) is 24.5 Å². The van der Waals surface area contributed by atoms with Crippen LogP contribution >= 0.6 is 0 Å². The SMILES string of the molecule is COc1cc(NC(C)=O)cc(N(CCO)CCO)c1. The third kappa shape index (κ3) is 4.76. The van der Waals surface area contributed by atoms with Crippen LogP contribution in [-0.4, -0.2) is 49.5 Å². The number of nitrogens with one attached hydrogen (secondary N) is 1. The summed E-state index contributed by atoms with van der Waals surface area (Å²) in [7, 11) is 1.54. The van der Waals surface area contributed by atoms with Gasteiger partial charge in [-0.25, -0.2) is 0 Å². The lowest BCUT2D eigenvalue weighted by Crippen LogP contribution is -2.29. The van der Waals surface area contributed by atoms with Gasteiger partial charge in [-0.15, -0.1) is 0 Å². The molecule has 0 aromatic heterocycles. The maximum atomic E-state index is 11.1. The molecule has 0 heterocycles. The van der Waals surface area contributed by atoms with Crippen molar-refractivity contribution < 1.29 is 19.7 Å². The lowest BCUT2D eigenvalue weighted by Gasteiger charge is -2.24. The molecular formula is C13H20N2O4. The number of amides is 1. The van der Waals surface area contributed by atoms with Crippen molar-refractivity contribution >= 4 is 17.3 Å². The highest BCUT2D eigenvalue weighted by molar-refractivity contribution is 5.89. The molecule has 0 radical (unpaired) electrons. The molecule has 1 rings (SSSR count). The van der Waals surface area contributed by atoms with Crippen molar-refractivity contribution in [2.45, 2.75) is 6.92 Å². The van der Waals surface area contributed by atoms with Gasteiger partial charge in [-0.1, -0.05) is 0 Å². The summed E-state index contributed by atoms with van der Waals surface area (Å²) >= 11 is 0. The second-order valence-electron chi connectivity index (χ2n) is 4.04. The van der Waals surface area contributed by atoms with Gasteiger partial charge in [0.2, 0.25) is 5.91 Å². The number of anilines is 2. The molecule has 0 atom stereocenters. The number of aliphatic hydroxyl groups is 2. The highest BCUT2D eigenvalue weighted by Crippen LogP contribution is 2.27. The second kappa shape index (κ2) is 7.60. The van der Waals surface area contributed by atoms with Crippen molar-refractivity contribution in [3.8, 4) is 5.75 Å². The van der Waals surface area contributed by atoms with Crippen LogP contribution in [0.1, 0.15) is 6.92 Å². The number of hydrogen-bond donors (Lipinski definition) is 3. The van der Waals surface area contributed by atoms with E-state index in [0.717, 1.165) is 5.69 Å². The maximum Gasteiger partial charge on any atom is 0.221 e. The van der Waals surface area contributed by atoms with Gasteiger partial charge in [0, 0.05) is 43.5 Å². The van der Waals surface area contributed by atoms with E-state index in [-0.39, 0.29) is 19.1 Å². The Bertz CT molecular complexity index is 417. The molecule has 1 aromatic carbocycles. The maximum absolute atomic E-state index is 11.1. The molecule has 0 spiro atoms. The number of ether oxygens (including phenoxy) is 1. The van der Waals surface area contributed by atoms with E-state index in [2.05, 4.69) is 5.32 Å². The van der Waals surface area contributed by atoms with E-state index in [4.69, 9.17) is 14.9 Å². The van der Waals surface area contributed by atoms with Crippen molar-refractivity contribution in [2.75, 3.05) is 43.6 Å². The van der Waals surface area contributed by atoms with Gasteiger partial charge in [0.05, 0.1) is 20.3 Å². The van der Waals surface area contributed by atoms with Gasteiger partial charge >= 0.3 is 0 Å². The first-order valence-electron chi connectivity index (χ1n) is 6.04. The highest BCUT2D eigenvalue weighted by atomic mass is 16.5. The van der Waals surface area contributed by atoms with Crippen LogP contribution in [0.25, 0.3) is 0 Å². The van der Waals surface area contributed by atoms with Gasteiger partial charge in [0.15, 0.2) is 0 Å². The predicted octanol–water partition coefficient (Wildman–Crippen LogP) is 0.445. The number of carbonyl (C=O) groups excluding carboxylic acids is 1.